The van der Waals surface area contributed by atoms with Crippen LogP contribution in [0.1, 0.15) is 35.2 Å². The van der Waals surface area contributed by atoms with E-state index in [-0.39, 0.29) is 11.9 Å². The van der Waals surface area contributed by atoms with Crippen LogP contribution < -0.4 is 0 Å². The Morgan fingerprint density at radius 3 is 2.77 bits per heavy atom. The largest absolute Gasteiger partial charge is 0.335 e. The summed E-state index contributed by atoms with van der Waals surface area (Å²) in [7, 11) is 0. The molecular weight excluding hydrogens is 294 g/mol. The molecule has 0 N–H and O–H groups in total. The van der Waals surface area contributed by atoms with Crippen molar-refractivity contribution in [3.63, 3.8) is 0 Å². The Morgan fingerprint density at radius 1 is 1.23 bits per heavy atom. The van der Waals surface area contributed by atoms with E-state index in [1.54, 1.807) is 0 Å². The molecule has 1 heterocycles. The van der Waals surface area contributed by atoms with E-state index >= 15 is 0 Å². The number of amides is 1. The molecule has 1 atom stereocenters. The molecule has 0 saturated heterocycles. The van der Waals surface area contributed by atoms with Gasteiger partial charge in [0.05, 0.1) is 12.5 Å². The molecule has 0 aromatic heterocycles. The number of hydrogen-bond donors (Lipinski definition) is 0. The Morgan fingerprint density at radius 2 is 2.00 bits per heavy atom. The third kappa shape index (κ3) is 2.76. The van der Waals surface area contributed by atoms with Gasteiger partial charge >= 0.3 is 0 Å². The maximum absolute atomic E-state index is 12.8. The first-order valence-electron chi connectivity index (χ1n) is 7.69. The molecule has 22 heavy (non-hydrogen) atoms. The number of fused-ring (bicyclic) bond motifs is 1. The summed E-state index contributed by atoms with van der Waals surface area (Å²) in [6, 6.07) is 14.3. The van der Waals surface area contributed by atoms with Crippen molar-refractivity contribution in [1.29, 1.82) is 0 Å². The van der Waals surface area contributed by atoms with Gasteiger partial charge in [-0.25, -0.2) is 0 Å². The van der Waals surface area contributed by atoms with Crippen LogP contribution in [-0.2, 0) is 17.6 Å². The number of nitrogens with zero attached hydrogens (tertiary/aromatic N) is 1. The van der Waals surface area contributed by atoms with Crippen molar-refractivity contribution in [2.45, 2.75) is 32.7 Å². The van der Waals surface area contributed by atoms with Gasteiger partial charge < -0.3 is 4.90 Å². The smallest absolute Gasteiger partial charge is 0.227 e. The van der Waals surface area contributed by atoms with Crippen LogP contribution in [0, 0.1) is 6.92 Å². The van der Waals surface area contributed by atoms with E-state index in [9.17, 15) is 4.79 Å². The lowest BCUT2D eigenvalue weighted by molar-refractivity contribution is -0.133. The van der Waals surface area contributed by atoms with E-state index in [4.69, 9.17) is 11.6 Å². The Hall–Kier alpha value is -1.80. The summed E-state index contributed by atoms with van der Waals surface area (Å²) < 4.78 is 0. The SMILES string of the molecule is Cc1cccc(Cl)c1CC(=O)N1CCc2ccccc2C1C. The van der Waals surface area contributed by atoms with Gasteiger partial charge in [-0.05, 0) is 48.6 Å². The highest BCUT2D eigenvalue weighted by Crippen LogP contribution is 2.30. The summed E-state index contributed by atoms with van der Waals surface area (Å²) >= 11 is 6.26. The first kappa shape index (κ1) is 15.1. The Balaban J connectivity index is 1.82. The molecular formula is C19H20ClNO. The molecule has 1 unspecified atom stereocenters. The predicted octanol–water partition coefficient (Wildman–Crippen LogP) is 4.34. The second-order valence-electron chi connectivity index (χ2n) is 5.92. The minimum Gasteiger partial charge on any atom is -0.335 e. The monoisotopic (exact) mass is 313 g/mol. The van der Waals surface area contributed by atoms with Crippen LogP contribution in [0.4, 0.5) is 0 Å². The van der Waals surface area contributed by atoms with Crippen LogP contribution in [0.2, 0.25) is 5.02 Å². The number of rotatable bonds is 2. The molecule has 2 nitrogen and oxygen atoms in total. The van der Waals surface area contributed by atoms with Gasteiger partial charge in [0.1, 0.15) is 0 Å². The van der Waals surface area contributed by atoms with E-state index in [2.05, 4.69) is 25.1 Å². The first-order chi connectivity index (χ1) is 10.6. The zero-order chi connectivity index (χ0) is 15.7. The third-order valence-corrected chi connectivity index (χ3v) is 4.95. The topological polar surface area (TPSA) is 20.3 Å². The molecule has 2 aromatic rings. The normalized spacial score (nSPS) is 17.2. The second kappa shape index (κ2) is 6.13. The van der Waals surface area contributed by atoms with Gasteiger partial charge in [0.2, 0.25) is 5.91 Å². The number of hydrogen-bond acceptors (Lipinski definition) is 1. The van der Waals surface area contributed by atoms with Gasteiger partial charge in [-0.2, -0.15) is 0 Å². The van der Waals surface area contributed by atoms with Gasteiger partial charge in [-0.3, -0.25) is 4.79 Å². The van der Waals surface area contributed by atoms with Crippen molar-refractivity contribution in [3.8, 4) is 0 Å². The van der Waals surface area contributed by atoms with Crippen LogP contribution in [0.5, 0.6) is 0 Å². The summed E-state index contributed by atoms with van der Waals surface area (Å²) in [5.41, 5.74) is 4.64. The van der Waals surface area contributed by atoms with Crippen LogP contribution in [0.3, 0.4) is 0 Å². The average Bonchev–Trinajstić information content (AvgIpc) is 2.51. The summed E-state index contributed by atoms with van der Waals surface area (Å²) in [5.74, 6) is 0.151. The molecule has 0 bridgehead atoms. The second-order valence-corrected chi connectivity index (χ2v) is 6.33. The molecule has 0 aliphatic carbocycles. The Bertz CT molecular complexity index is 690. The molecule has 2 aromatic carbocycles. The van der Waals surface area contributed by atoms with Crippen LogP contribution in [-0.4, -0.2) is 17.4 Å². The average molecular weight is 314 g/mol. The lowest BCUT2D eigenvalue weighted by atomic mass is 9.93. The summed E-state index contributed by atoms with van der Waals surface area (Å²) in [4.78, 5) is 14.7. The van der Waals surface area contributed by atoms with Gasteiger partial charge in [0.25, 0.3) is 0 Å². The number of carbonyl (C=O) groups is 1. The summed E-state index contributed by atoms with van der Waals surface area (Å²) in [5, 5.41) is 0.679. The number of carbonyl (C=O) groups excluding carboxylic acids is 1. The fourth-order valence-corrected chi connectivity index (χ4v) is 3.54. The number of aryl methyl sites for hydroxylation is 1. The lowest BCUT2D eigenvalue weighted by Gasteiger charge is -2.35. The van der Waals surface area contributed by atoms with Crippen molar-refractivity contribution in [1.82, 2.24) is 4.90 Å². The minimum atomic E-state index is 0.125. The standard InChI is InChI=1S/C19H20ClNO/c1-13-6-5-9-18(20)17(13)12-19(22)21-11-10-15-7-3-4-8-16(15)14(21)2/h3-9,14H,10-12H2,1-2H3. The van der Waals surface area contributed by atoms with Crippen molar-refractivity contribution in [3.05, 3.63) is 69.7 Å². The van der Waals surface area contributed by atoms with E-state index in [0.717, 1.165) is 24.1 Å². The lowest BCUT2D eigenvalue weighted by Crippen LogP contribution is -2.39. The summed E-state index contributed by atoms with van der Waals surface area (Å²) in [6.07, 6.45) is 1.30. The third-order valence-electron chi connectivity index (χ3n) is 4.60. The molecule has 114 valence electrons. The summed E-state index contributed by atoms with van der Waals surface area (Å²) in [6.45, 7) is 4.89. The van der Waals surface area contributed by atoms with Crippen molar-refractivity contribution in [2.24, 2.45) is 0 Å². The van der Waals surface area contributed by atoms with Gasteiger partial charge in [0, 0.05) is 11.6 Å². The van der Waals surface area contributed by atoms with Crippen LogP contribution in [0.25, 0.3) is 0 Å². The maximum Gasteiger partial charge on any atom is 0.227 e. The quantitative estimate of drug-likeness (QED) is 0.807. The van der Waals surface area contributed by atoms with Gasteiger partial charge in [-0.15, -0.1) is 0 Å². The molecule has 0 radical (unpaired) electrons. The molecule has 3 heteroatoms. The van der Waals surface area contributed by atoms with E-state index in [1.165, 1.54) is 11.1 Å². The first-order valence-corrected chi connectivity index (χ1v) is 8.07. The molecule has 1 amide bonds. The van der Waals surface area contributed by atoms with E-state index in [0.29, 0.717) is 11.4 Å². The maximum atomic E-state index is 12.8. The predicted molar refractivity (Wildman–Crippen MR) is 90.2 cm³/mol. The molecule has 1 aliphatic heterocycles. The minimum absolute atomic E-state index is 0.125. The highest BCUT2D eigenvalue weighted by molar-refractivity contribution is 6.31. The highest BCUT2D eigenvalue weighted by Gasteiger charge is 2.27. The molecule has 3 rings (SSSR count). The Kier molecular flexibility index (Phi) is 4.21. The van der Waals surface area contributed by atoms with Gasteiger partial charge in [0.15, 0.2) is 0 Å². The molecule has 1 aliphatic rings. The van der Waals surface area contributed by atoms with Crippen molar-refractivity contribution < 1.29 is 4.79 Å². The zero-order valence-electron chi connectivity index (χ0n) is 13.0. The number of benzene rings is 2. The molecule has 0 spiro atoms. The highest BCUT2D eigenvalue weighted by atomic mass is 35.5. The molecule has 0 fully saturated rings. The van der Waals surface area contributed by atoms with E-state index in [1.807, 2.05) is 36.1 Å². The van der Waals surface area contributed by atoms with Crippen LogP contribution >= 0.6 is 11.6 Å². The molecule has 0 saturated carbocycles. The van der Waals surface area contributed by atoms with Crippen molar-refractivity contribution in [2.75, 3.05) is 6.54 Å². The Labute approximate surface area is 136 Å². The zero-order valence-corrected chi connectivity index (χ0v) is 13.7. The fourth-order valence-electron chi connectivity index (χ4n) is 3.26. The van der Waals surface area contributed by atoms with Crippen LogP contribution in [0.15, 0.2) is 42.5 Å². The van der Waals surface area contributed by atoms with Gasteiger partial charge in [-0.1, -0.05) is 48.0 Å². The fraction of sp³-hybridized carbons (Fsp3) is 0.316. The van der Waals surface area contributed by atoms with E-state index < -0.39 is 0 Å². The van der Waals surface area contributed by atoms with Crippen molar-refractivity contribution >= 4 is 17.5 Å². The number of halogens is 1.